The fraction of sp³-hybridized carbons (Fsp3) is 0.320. The molecule has 1 aliphatic rings. The molecule has 1 aromatic heterocycles. The van der Waals surface area contributed by atoms with Crippen LogP contribution in [-0.4, -0.2) is 57.6 Å². The molecular weight excluding hydrogens is 448 g/mol. The van der Waals surface area contributed by atoms with Gasteiger partial charge in [0.25, 0.3) is 11.6 Å². The van der Waals surface area contributed by atoms with Crippen LogP contribution >= 0.6 is 0 Å². The Hall–Kier alpha value is -4.21. The second-order valence-corrected chi connectivity index (χ2v) is 8.53. The highest BCUT2D eigenvalue weighted by molar-refractivity contribution is 5.95. The van der Waals surface area contributed by atoms with Gasteiger partial charge in [-0.1, -0.05) is 18.2 Å². The van der Waals surface area contributed by atoms with E-state index in [1.165, 1.54) is 13.0 Å². The summed E-state index contributed by atoms with van der Waals surface area (Å²) in [5, 5.41) is 19.3. The lowest BCUT2D eigenvalue weighted by Gasteiger charge is -2.35. The van der Waals surface area contributed by atoms with Gasteiger partial charge in [0.1, 0.15) is 5.69 Å². The van der Waals surface area contributed by atoms with Gasteiger partial charge in [-0.05, 0) is 38.1 Å². The van der Waals surface area contributed by atoms with Crippen LogP contribution in [0.5, 0.6) is 0 Å². The second-order valence-electron chi connectivity index (χ2n) is 8.53. The Morgan fingerprint density at radius 2 is 1.74 bits per heavy atom. The molecule has 2 amide bonds. The third kappa shape index (κ3) is 5.01. The van der Waals surface area contributed by atoms with E-state index in [1.54, 1.807) is 17.0 Å². The third-order valence-corrected chi connectivity index (χ3v) is 6.37. The minimum absolute atomic E-state index is 0.00838. The Morgan fingerprint density at radius 3 is 2.37 bits per heavy atom. The van der Waals surface area contributed by atoms with Crippen molar-refractivity contribution in [3.8, 4) is 5.69 Å². The van der Waals surface area contributed by atoms with Crippen molar-refractivity contribution in [2.24, 2.45) is 0 Å². The normalized spacial score (nSPS) is 13.6. The molecule has 10 heteroatoms. The lowest BCUT2D eigenvalue weighted by atomic mass is 10.1. The van der Waals surface area contributed by atoms with Crippen LogP contribution in [0.4, 0.5) is 11.4 Å². The molecule has 1 fully saturated rings. The van der Waals surface area contributed by atoms with Gasteiger partial charge in [0.05, 0.1) is 16.3 Å². The van der Waals surface area contributed by atoms with E-state index >= 15 is 0 Å². The van der Waals surface area contributed by atoms with Gasteiger partial charge in [0, 0.05) is 62.5 Å². The zero-order chi connectivity index (χ0) is 25.1. The topological polar surface area (TPSA) is 114 Å². The highest BCUT2D eigenvalue weighted by atomic mass is 16.6. The summed E-state index contributed by atoms with van der Waals surface area (Å²) in [6.45, 7) is 7.60. The number of hydrogen-bond donors (Lipinski definition) is 1. The van der Waals surface area contributed by atoms with Crippen molar-refractivity contribution in [1.29, 1.82) is 0 Å². The fourth-order valence-electron chi connectivity index (χ4n) is 4.36. The molecule has 0 bridgehead atoms. The predicted molar refractivity (Wildman–Crippen MR) is 132 cm³/mol. The van der Waals surface area contributed by atoms with Crippen molar-refractivity contribution in [3.05, 3.63) is 81.2 Å². The maximum Gasteiger partial charge on any atom is 0.293 e. The van der Waals surface area contributed by atoms with Crippen molar-refractivity contribution < 1.29 is 14.5 Å². The van der Waals surface area contributed by atoms with Crippen LogP contribution in [-0.2, 0) is 11.3 Å². The number of nitro groups is 1. The summed E-state index contributed by atoms with van der Waals surface area (Å²) in [5.74, 6) is -0.404. The number of anilines is 1. The first kappa shape index (κ1) is 23.9. The number of nitro benzene ring substituents is 1. The molecule has 182 valence electrons. The maximum absolute atomic E-state index is 12.9. The van der Waals surface area contributed by atoms with Crippen LogP contribution in [0, 0.1) is 24.0 Å². The number of carbonyl (C=O) groups is 2. The van der Waals surface area contributed by atoms with Gasteiger partial charge >= 0.3 is 0 Å². The molecule has 0 aliphatic carbocycles. The van der Waals surface area contributed by atoms with Crippen LogP contribution in [0.1, 0.15) is 34.2 Å². The zero-order valence-electron chi connectivity index (χ0n) is 20.0. The molecule has 0 radical (unpaired) electrons. The smallest absolute Gasteiger partial charge is 0.293 e. The van der Waals surface area contributed by atoms with Gasteiger partial charge in [-0.15, -0.1) is 0 Å². The average Bonchev–Trinajstić information content (AvgIpc) is 3.15. The van der Waals surface area contributed by atoms with E-state index in [-0.39, 0.29) is 23.7 Å². The van der Waals surface area contributed by atoms with E-state index in [2.05, 4.69) is 10.4 Å². The number of amides is 2. The Balaban J connectivity index is 1.49. The number of para-hydroxylation sites is 1. The Bertz CT molecular complexity index is 1260. The largest absolute Gasteiger partial charge is 0.362 e. The molecule has 0 spiro atoms. The number of rotatable bonds is 6. The molecule has 1 aliphatic heterocycles. The number of aromatic nitrogens is 2. The molecule has 35 heavy (non-hydrogen) atoms. The van der Waals surface area contributed by atoms with Crippen molar-refractivity contribution >= 4 is 23.2 Å². The van der Waals surface area contributed by atoms with Crippen LogP contribution in [0.15, 0.2) is 48.5 Å². The molecular formula is C25H28N6O4. The number of benzene rings is 2. The summed E-state index contributed by atoms with van der Waals surface area (Å²) in [6.07, 6.45) is 0. The molecule has 2 heterocycles. The standard InChI is InChI=1S/C25H28N6O4/c1-17-22(18(2)30(27-17)21-7-5-4-6-8-21)16-26-25(33)20-9-10-23(24(15-20)31(34)35)29-13-11-28(12-14-29)19(3)32/h4-10,15H,11-14,16H2,1-3H3,(H,26,33). The van der Waals surface area contributed by atoms with E-state index in [0.717, 1.165) is 22.6 Å². The van der Waals surface area contributed by atoms with Gasteiger partial charge < -0.3 is 15.1 Å². The summed E-state index contributed by atoms with van der Waals surface area (Å²) >= 11 is 0. The van der Waals surface area contributed by atoms with Crippen LogP contribution in [0.2, 0.25) is 0 Å². The summed E-state index contributed by atoms with van der Waals surface area (Å²) in [4.78, 5) is 39.4. The molecule has 3 aromatic rings. The highest BCUT2D eigenvalue weighted by Crippen LogP contribution is 2.30. The summed E-state index contributed by atoms with van der Waals surface area (Å²) in [5.41, 5.74) is 4.09. The number of hydrogen-bond acceptors (Lipinski definition) is 6. The number of carbonyl (C=O) groups excluding carboxylic acids is 2. The van der Waals surface area contributed by atoms with E-state index in [4.69, 9.17) is 0 Å². The zero-order valence-corrected chi connectivity index (χ0v) is 20.0. The van der Waals surface area contributed by atoms with Crippen molar-refractivity contribution in [2.45, 2.75) is 27.3 Å². The predicted octanol–water partition coefficient (Wildman–Crippen LogP) is 3.00. The second kappa shape index (κ2) is 9.96. The Morgan fingerprint density at radius 1 is 1.06 bits per heavy atom. The lowest BCUT2D eigenvalue weighted by molar-refractivity contribution is -0.384. The minimum Gasteiger partial charge on any atom is -0.362 e. The molecule has 1 saturated heterocycles. The van der Waals surface area contributed by atoms with Crippen molar-refractivity contribution in [3.63, 3.8) is 0 Å². The lowest BCUT2D eigenvalue weighted by Crippen LogP contribution is -2.48. The van der Waals surface area contributed by atoms with Gasteiger partial charge in [0.15, 0.2) is 0 Å². The van der Waals surface area contributed by atoms with Gasteiger partial charge in [-0.3, -0.25) is 19.7 Å². The SMILES string of the molecule is CC(=O)N1CCN(c2ccc(C(=O)NCc3c(C)nn(-c4ccccc4)c3C)cc2[N+](=O)[O-])CC1. The van der Waals surface area contributed by atoms with Gasteiger partial charge in [0.2, 0.25) is 5.91 Å². The fourth-order valence-corrected chi connectivity index (χ4v) is 4.36. The first-order chi connectivity index (χ1) is 16.8. The first-order valence-corrected chi connectivity index (χ1v) is 11.4. The Labute approximate surface area is 203 Å². The van der Waals surface area contributed by atoms with Crippen LogP contribution < -0.4 is 10.2 Å². The van der Waals surface area contributed by atoms with Crippen LogP contribution in [0.3, 0.4) is 0 Å². The highest BCUT2D eigenvalue weighted by Gasteiger charge is 2.26. The molecule has 4 rings (SSSR count). The van der Waals surface area contributed by atoms with Crippen molar-refractivity contribution in [1.82, 2.24) is 20.0 Å². The monoisotopic (exact) mass is 476 g/mol. The molecule has 0 unspecified atom stereocenters. The summed E-state index contributed by atoms with van der Waals surface area (Å²) in [7, 11) is 0. The molecule has 0 atom stereocenters. The van der Waals surface area contributed by atoms with Gasteiger partial charge in [-0.2, -0.15) is 5.10 Å². The summed E-state index contributed by atoms with van der Waals surface area (Å²) < 4.78 is 1.84. The quantitative estimate of drug-likeness (QED) is 0.432. The number of nitrogens with zero attached hydrogens (tertiary/aromatic N) is 5. The van der Waals surface area contributed by atoms with Gasteiger partial charge in [-0.25, -0.2) is 4.68 Å². The Kier molecular flexibility index (Phi) is 6.81. The molecule has 10 nitrogen and oxygen atoms in total. The van der Waals surface area contributed by atoms with Crippen LogP contribution in [0.25, 0.3) is 5.69 Å². The first-order valence-electron chi connectivity index (χ1n) is 11.4. The number of nitrogens with one attached hydrogen (secondary N) is 1. The number of piperazine rings is 1. The minimum atomic E-state index is -0.471. The molecule has 2 aromatic carbocycles. The number of aryl methyl sites for hydroxylation is 1. The molecule has 1 N–H and O–H groups in total. The van der Waals surface area contributed by atoms with E-state index in [9.17, 15) is 19.7 Å². The van der Waals surface area contributed by atoms with E-state index < -0.39 is 10.8 Å². The average molecular weight is 477 g/mol. The molecule has 0 saturated carbocycles. The van der Waals surface area contributed by atoms with Crippen molar-refractivity contribution in [2.75, 3.05) is 31.1 Å². The summed E-state index contributed by atoms with van der Waals surface area (Å²) in [6, 6.07) is 14.3. The third-order valence-electron chi connectivity index (χ3n) is 6.37. The van der Waals surface area contributed by atoms with E-state index in [0.29, 0.717) is 31.9 Å². The maximum atomic E-state index is 12.9. The van der Waals surface area contributed by atoms with E-state index in [1.807, 2.05) is 53.8 Å².